The summed E-state index contributed by atoms with van der Waals surface area (Å²) in [7, 11) is 0. The standard InChI is InChI=1S/C17H15ClN4O/c1-11-5-3-8-15(19-11)17(23)20-16-9-12(2)21-22(16)14-7-4-6-13(18)10-14/h3-10H,1-2H3,(H,20,23). The Morgan fingerprint density at radius 2 is 1.87 bits per heavy atom. The van der Waals surface area contributed by atoms with Crippen LogP contribution in [0.4, 0.5) is 5.82 Å². The van der Waals surface area contributed by atoms with E-state index in [9.17, 15) is 4.79 Å². The lowest BCUT2D eigenvalue weighted by Crippen LogP contribution is -2.16. The quantitative estimate of drug-likeness (QED) is 0.796. The first-order chi connectivity index (χ1) is 11.0. The molecule has 0 unspecified atom stereocenters. The van der Waals surface area contributed by atoms with E-state index in [4.69, 9.17) is 11.6 Å². The number of aromatic nitrogens is 3. The van der Waals surface area contributed by atoms with E-state index < -0.39 is 0 Å². The number of hydrogen-bond donors (Lipinski definition) is 1. The molecule has 0 saturated carbocycles. The lowest BCUT2D eigenvalue weighted by molar-refractivity contribution is 0.102. The zero-order valence-corrected chi connectivity index (χ0v) is 13.5. The fourth-order valence-electron chi connectivity index (χ4n) is 2.24. The summed E-state index contributed by atoms with van der Waals surface area (Å²) in [6.45, 7) is 3.71. The van der Waals surface area contributed by atoms with Crippen LogP contribution in [0.1, 0.15) is 21.9 Å². The zero-order chi connectivity index (χ0) is 16.4. The van der Waals surface area contributed by atoms with Gasteiger partial charge < -0.3 is 5.32 Å². The molecule has 23 heavy (non-hydrogen) atoms. The smallest absolute Gasteiger partial charge is 0.275 e. The molecule has 0 fully saturated rings. The molecule has 6 heteroatoms. The number of amides is 1. The summed E-state index contributed by atoms with van der Waals surface area (Å²) >= 11 is 6.03. The summed E-state index contributed by atoms with van der Waals surface area (Å²) in [4.78, 5) is 16.6. The molecule has 5 nitrogen and oxygen atoms in total. The molecule has 0 aliphatic heterocycles. The number of nitrogens with zero attached hydrogens (tertiary/aromatic N) is 3. The van der Waals surface area contributed by atoms with Crippen molar-refractivity contribution in [3.63, 3.8) is 0 Å². The molecule has 3 rings (SSSR count). The minimum absolute atomic E-state index is 0.281. The van der Waals surface area contributed by atoms with Crippen molar-refractivity contribution < 1.29 is 4.79 Å². The second kappa shape index (κ2) is 6.22. The lowest BCUT2D eigenvalue weighted by atomic mass is 10.3. The van der Waals surface area contributed by atoms with Crippen LogP contribution >= 0.6 is 11.6 Å². The Morgan fingerprint density at radius 3 is 2.61 bits per heavy atom. The molecule has 0 spiro atoms. The fourth-order valence-corrected chi connectivity index (χ4v) is 2.43. The van der Waals surface area contributed by atoms with Crippen LogP contribution in [0.3, 0.4) is 0 Å². The van der Waals surface area contributed by atoms with Crippen LogP contribution in [0.15, 0.2) is 48.5 Å². The molecular weight excluding hydrogens is 312 g/mol. The van der Waals surface area contributed by atoms with Crippen molar-refractivity contribution in [3.05, 3.63) is 70.6 Å². The maximum absolute atomic E-state index is 12.4. The highest BCUT2D eigenvalue weighted by Crippen LogP contribution is 2.20. The molecule has 2 aromatic heterocycles. The topological polar surface area (TPSA) is 59.8 Å². The van der Waals surface area contributed by atoms with E-state index in [2.05, 4.69) is 15.4 Å². The second-order valence-corrected chi connectivity index (χ2v) is 5.62. The van der Waals surface area contributed by atoms with Gasteiger partial charge in [0, 0.05) is 16.8 Å². The number of carbonyl (C=O) groups is 1. The van der Waals surface area contributed by atoms with Crippen molar-refractivity contribution in [2.45, 2.75) is 13.8 Å². The predicted octanol–water partition coefficient (Wildman–Crippen LogP) is 3.79. The monoisotopic (exact) mass is 326 g/mol. The van der Waals surface area contributed by atoms with Crippen LogP contribution < -0.4 is 5.32 Å². The van der Waals surface area contributed by atoms with Crippen molar-refractivity contribution in [2.24, 2.45) is 0 Å². The van der Waals surface area contributed by atoms with Gasteiger partial charge in [-0.05, 0) is 44.2 Å². The summed E-state index contributed by atoms with van der Waals surface area (Å²) in [5.74, 6) is 0.287. The van der Waals surface area contributed by atoms with Crippen LogP contribution in [0.2, 0.25) is 5.02 Å². The zero-order valence-electron chi connectivity index (χ0n) is 12.7. The number of pyridine rings is 1. The molecule has 0 radical (unpaired) electrons. The first-order valence-corrected chi connectivity index (χ1v) is 7.48. The lowest BCUT2D eigenvalue weighted by Gasteiger charge is -2.09. The van der Waals surface area contributed by atoms with E-state index in [1.165, 1.54) is 0 Å². The van der Waals surface area contributed by atoms with Crippen molar-refractivity contribution in [2.75, 3.05) is 5.32 Å². The predicted molar refractivity (Wildman–Crippen MR) is 90.2 cm³/mol. The normalized spacial score (nSPS) is 10.6. The summed E-state index contributed by atoms with van der Waals surface area (Å²) in [6, 6.07) is 14.4. The number of carbonyl (C=O) groups excluding carboxylic acids is 1. The van der Waals surface area contributed by atoms with Gasteiger partial charge in [0.2, 0.25) is 0 Å². The maximum atomic E-state index is 12.4. The van der Waals surface area contributed by atoms with E-state index in [1.54, 1.807) is 35.0 Å². The Labute approximate surface area is 138 Å². The Hall–Kier alpha value is -2.66. The van der Waals surface area contributed by atoms with E-state index in [1.807, 2.05) is 32.0 Å². The number of halogens is 1. The van der Waals surface area contributed by atoms with Gasteiger partial charge in [0.15, 0.2) is 0 Å². The van der Waals surface area contributed by atoms with Gasteiger partial charge in [-0.2, -0.15) is 5.10 Å². The second-order valence-electron chi connectivity index (χ2n) is 5.18. The summed E-state index contributed by atoms with van der Waals surface area (Å²) in [5, 5.41) is 7.86. The fraction of sp³-hybridized carbons (Fsp3) is 0.118. The Morgan fingerprint density at radius 1 is 1.09 bits per heavy atom. The van der Waals surface area contributed by atoms with E-state index >= 15 is 0 Å². The number of nitrogens with one attached hydrogen (secondary N) is 1. The molecule has 0 aliphatic carbocycles. The third-order valence-corrected chi connectivity index (χ3v) is 3.48. The van der Waals surface area contributed by atoms with Gasteiger partial charge in [-0.3, -0.25) is 4.79 Å². The minimum Gasteiger partial charge on any atom is -0.305 e. The number of hydrogen-bond acceptors (Lipinski definition) is 3. The van der Waals surface area contributed by atoms with Gasteiger partial charge in [-0.15, -0.1) is 0 Å². The number of aryl methyl sites for hydroxylation is 2. The Bertz CT molecular complexity index is 873. The highest BCUT2D eigenvalue weighted by atomic mass is 35.5. The van der Waals surface area contributed by atoms with Gasteiger partial charge in [0.05, 0.1) is 11.4 Å². The van der Waals surface area contributed by atoms with Crippen molar-refractivity contribution in [3.8, 4) is 5.69 Å². The molecule has 3 aromatic rings. The van der Waals surface area contributed by atoms with Crippen molar-refractivity contribution in [1.82, 2.24) is 14.8 Å². The molecule has 0 saturated heterocycles. The molecule has 116 valence electrons. The van der Waals surface area contributed by atoms with E-state index in [0.29, 0.717) is 16.5 Å². The molecule has 0 aliphatic rings. The van der Waals surface area contributed by atoms with Crippen LogP contribution in [0.5, 0.6) is 0 Å². The van der Waals surface area contributed by atoms with Crippen molar-refractivity contribution >= 4 is 23.3 Å². The van der Waals surface area contributed by atoms with Crippen LogP contribution in [0.25, 0.3) is 5.69 Å². The van der Waals surface area contributed by atoms with Gasteiger partial charge in [-0.25, -0.2) is 9.67 Å². The first kappa shape index (κ1) is 15.2. The summed E-state index contributed by atoms with van der Waals surface area (Å²) < 4.78 is 1.65. The highest BCUT2D eigenvalue weighted by Gasteiger charge is 2.13. The Balaban J connectivity index is 1.93. The molecule has 1 amide bonds. The molecule has 1 aromatic carbocycles. The first-order valence-electron chi connectivity index (χ1n) is 7.10. The maximum Gasteiger partial charge on any atom is 0.275 e. The largest absolute Gasteiger partial charge is 0.305 e. The van der Waals surface area contributed by atoms with Gasteiger partial charge in [-0.1, -0.05) is 23.7 Å². The van der Waals surface area contributed by atoms with Gasteiger partial charge in [0.25, 0.3) is 5.91 Å². The third-order valence-electron chi connectivity index (χ3n) is 3.25. The summed E-state index contributed by atoms with van der Waals surface area (Å²) in [6.07, 6.45) is 0. The average molecular weight is 327 g/mol. The van der Waals surface area contributed by atoms with E-state index in [-0.39, 0.29) is 5.91 Å². The Kier molecular flexibility index (Phi) is 4.12. The molecule has 0 bridgehead atoms. The summed E-state index contributed by atoms with van der Waals surface area (Å²) in [5.41, 5.74) is 2.72. The minimum atomic E-state index is -0.281. The highest BCUT2D eigenvalue weighted by molar-refractivity contribution is 6.30. The van der Waals surface area contributed by atoms with Gasteiger partial charge in [0.1, 0.15) is 11.5 Å². The molecule has 1 N–H and O–H groups in total. The van der Waals surface area contributed by atoms with Gasteiger partial charge >= 0.3 is 0 Å². The molecule has 0 atom stereocenters. The number of benzene rings is 1. The number of anilines is 1. The molecular formula is C17H15ClN4O. The third kappa shape index (κ3) is 3.40. The van der Waals surface area contributed by atoms with E-state index in [0.717, 1.165) is 17.1 Å². The SMILES string of the molecule is Cc1cccc(C(=O)Nc2cc(C)nn2-c2cccc(Cl)c2)n1. The average Bonchev–Trinajstić information content (AvgIpc) is 2.88. The van der Waals surface area contributed by atoms with Crippen LogP contribution in [0, 0.1) is 13.8 Å². The van der Waals surface area contributed by atoms with Crippen molar-refractivity contribution in [1.29, 1.82) is 0 Å². The van der Waals surface area contributed by atoms with Crippen LogP contribution in [-0.2, 0) is 0 Å². The number of rotatable bonds is 3. The molecule has 2 heterocycles. The van der Waals surface area contributed by atoms with Crippen LogP contribution in [-0.4, -0.2) is 20.7 Å².